The Morgan fingerprint density at radius 2 is 1.83 bits per heavy atom. The summed E-state index contributed by atoms with van der Waals surface area (Å²) in [6.07, 6.45) is 9.18. The van der Waals surface area contributed by atoms with Crippen LogP contribution in [0.15, 0.2) is 48.3 Å². The number of rotatable bonds is 2. The molecule has 2 aliphatic heterocycles. The van der Waals surface area contributed by atoms with E-state index in [9.17, 15) is 10.2 Å². The zero-order chi connectivity index (χ0) is 25.1. The van der Waals surface area contributed by atoms with E-state index in [1.807, 2.05) is 19.0 Å². The van der Waals surface area contributed by atoms with Gasteiger partial charge in [-0.05, 0) is 86.9 Å². The number of aromatic nitrogens is 2. The minimum atomic E-state index is -1.65. The fraction of sp³-hybridized carbons (Fsp3) is 0.586. The van der Waals surface area contributed by atoms with Gasteiger partial charge in [0.05, 0.1) is 24.1 Å². The van der Waals surface area contributed by atoms with Crippen molar-refractivity contribution in [2.24, 2.45) is 11.3 Å². The van der Waals surface area contributed by atoms with Crippen molar-refractivity contribution in [1.29, 1.82) is 0 Å². The summed E-state index contributed by atoms with van der Waals surface area (Å²) in [5, 5.41) is 32.1. The number of aliphatic hydroxyl groups excluding tert-OH is 2. The van der Waals surface area contributed by atoms with Gasteiger partial charge in [-0.15, -0.1) is 0 Å². The molecule has 6 nitrogen and oxygen atoms in total. The maximum atomic E-state index is 17.1. The molecule has 0 radical (unpaired) electrons. The summed E-state index contributed by atoms with van der Waals surface area (Å²) >= 11 is 0. The summed E-state index contributed by atoms with van der Waals surface area (Å²) in [6, 6.07) is 6.17. The molecule has 2 bridgehead atoms. The standard InChI is InChI=1S/C29H34FN3O3/c1-26-8-10-28(30)13-21-24(34)25(35)22(33(2)3)14-27(21)9-11-29(28,36-27)23(26)7-6-20(26)17-4-5-18-15-31-32-16-19(18)12-17/h4-6,12-13,15-16,22-25,34-35H,7-11,14H2,1-3H3/t22-,23?,24+,25+,26+,27+,28?,29-/m0/s1. The molecule has 3 fully saturated rings. The number of halogens is 1. The molecule has 0 amide bonds. The minimum Gasteiger partial charge on any atom is -0.388 e. The molecule has 36 heavy (non-hydrogen) atoms. The summed E-state index contributed by atoms with van der Waals surface area (Å²) in [7, 11) is 3.83. The highest BCUT2D eigenvalue weighted by Crippen LogP contribution is 2.71. The molecule has 7 rings (SSSR count). The molecule has 2 aromatic rings. The lowest BCUT2D eigenvalue weighted by Crippen LogP contribution is -2.68. The third-order valence-electron chi connectivity index (χ3n) is 10.5. The maximum Gasteiger partial charge on any atom is 0.158 e. The zero-order valence-electron chi connectivity index (χ0n) is 21.1. The van der Waals surface area contributed by atoms with Crippen molar-refractivity contribution in [1.82, 2.24) is 15.1 Å². The van der Waals surface area contributed by atoms with Crippen LogP contribution in [-0.2, 0) is 4.74 Å². The number of nitrogens with zero attached hydrogens (tertiary/aromatic N) is 3. The van der Waals surface area contributed by atoms with Gasteiger partial charge in [0, 0.05) is 22.7 Å². The van der Waals surface area contributed by atoms with Crippen molar-refractivity contribution in [2.75, 3.05) is 14.1 Å². The van der Waals surface area contributed by atoms with Gasteiger partial charge < -0.3 is 19.8 Å². The molecule has 190 valence electrons. The molecule has 2 unspecified atom stereocenters. The van der Waals surface area contributed by atoms with Crippen molar-refractivity contribution >= 4 is 16.3 Å². The maximum absolute atomic E-state index is 17.1. The van der Waals surface area contributed by atoms with Gasteiger partial charge in [-0.25, -0.2) is 4.39 Å². The molecule has 1 aromatic heterocycles. The normalized spacial score (nSPS) is 45.2. The first-order valence-electron chi connectivity index (χ1n) is 13.2. The number of benzene rings is 1. The highest BCUT2D eigenvalue weighted by atomic mass is 19.1. The third kappa shape index (κ3) is 2.70. The molecular formula is C29H34FN3O3. The van der Waals surface area contributed by atoms with Gasteiger partial charge in [-0.2, -0.15) is 10.2 Å². The summed E-state index contributed by atoms with van der Waals surface area (Å²) < 4.78 is 24.2. The number of hydrogen-bond acceptors (Lipinski definition) is 6. The Morgan fingerprint density at radius 1 is 1.06 bits per heavy atom. The van der Waals surface area contributed by atoms with Gasteiger partial charge in [0.25, 0.3) is 0 Å². The number of likely N-dealkylation sites (N-methyl/N-ethyl adjacent to an activating group) is 1. The number of fused-ring (bicyclic) bond motifs is 2. The molecule has 7 heteroatoms. The van der Waals surface area contributed by atoms with E-state index >= 15 is 4.39 Å². The fourth-order valence-electron chi connectivity index (χ4n) is 8.59. The average molecular weight is 492 g/mol. The molecule has 5 aliphatic rings. The second-order valence-electron chi connectivity index (χ2n) is 12.3. The molecular weight excluding hydrogens is 457 g/mol. The topological polar surface area (TPSA) is 78.7 Å². The third-order valence-corrected chi connectivity index (χ3v) is 10.5. The van der Waals surface area contributed by atoms with Crippen LogP contribution in [-0.4, -0.2) is 74.5 Å². The molecule has 1 aromatic carbocycles. The van der Waals surface area contributed by atoms with Gasteiger partial charge in [-0.1, -0.05) is 25.1 Å². The van der Waals surface area contributed by atoms with E-state index in [-0.39, 0.29) is 17.4 Å². The van der Waals surface area contributed by atoms with Crippen LogP contribution in [0.1, 0.15) is 51.0 Å². The summed E-state index contributed by atoms with van der Waals surface area (Å²) in [5.74, 6) is 0.00369. The van der Waals surface area contributed by atoms with Crippen LogP contribution in [0.3, 0.4) is 0 Å². The predicted octanol–water partition coefficient (Wildman–Crippen LogP) is 3.83. The van der Waals surface area contributed by atoms with E-state index < -0.39 is 29.1 Å². The van der Waals surface area contributed by atoms with Crippen LogP contribution in [0.25, 0.3) is 16.3 Å². The van der Waals surface area contributed by atoms with Gasteiger partial charge in [0.15, 0.2) is 5.67 Å². The Morgan fingerprint density at radius 3 is 2.61 bits per heavy atom. The minimum absolute atomic E-state index is 0.00369. The van der Waals surface area contributed by atoms with E-state index in [0.717, 1.165) is 22.8 Å². The quantitative estimate of drug-likeness (QED) is 0.622. The average Bonchev–Trinajstić information content (AvgIpc) is 3.39. The first-order chi connectivity index (χ1) is 17.1. The summed E-state index contributed by atoms with van der Waals surface area (Å²) in [6.45, 7) is 2.29. The Kier molecular flexibility index (Phi) is 4.61. The zero-order valence-corrected chi connectivity index (χ0v) is 21.1. The monoisotopic (exact) mass is 491 g/mol. The molecule has 3 heterocycles. The number of hydrogen-bond donors (Lipinski definition) is 2. The van der Waals surface area contributed by atoms with Gasteiger partial charge >= 0.3 is 0 Å². The molecule has 2 saturated carbocycles. The van der Waals surface area contributed by atoms with Gasteiger partial charge in [0.2, 0.25) is 0 Å². The van der Waals surface area contributed by atoms with E-state index in [2.05, 4.69) is 41.4 Å². The largest absolute Gasteiger partial charge is 0.388 e. The molecule has 2 N–H and O–H groups in total. The van der Waals surface area contributed by atoms with Crippen molar-refractivity contribution in [3.05, 3.63) is 53.9 Å². The molecule has 1 saturated heterocycles. The Hall–Kier alpha value is -2.19. The Labute approximate surface area is 210 Å². The van der Waals surface area contributed by atoms with Gasteiger partial charge in [-0.3, -0.25) is 0 Å². The predicted molar refractivity (Wildman–Crippen MR) is 135 cm³/mol. The van der Waals surface area contributed by atoms with E-state index in [1.165, 1.54) is 5.57 Å². The smallest absolute Gasteiger partial charge is 0.158 e. The Bertz CT molecular complexity index is 1330. The lowest BCUT2D eigenvalue weighted by atomic mass is 9.53. The lowest BCUT2D eigenvalue weighted by molar-refractivity contribution is -0.239. The van der Waals surface area contributed by atoms with Crippen LogP contribution in [0.5, 0.6) is 0 Å². The Balaban J connectivity index is 1.30. The fourth-order valence-corrected chi connectivity index (χ4v) is 8.59. The first-order valence-corrected chi connectivity index (χ1v) is 13.2. The highest BCUT2D eigenvalue weighted by molar-refractivity contribution is 5.86. The molecule has 2 spiro atoms. The van der Waals surface area contributed by atoms with Crippen molar-refractivity contribution in [3.8, 4) is 0 Å². The lowest BCUT2D eigenvalue weighted by Gasteiger charge is -2.60. The van der Waals surface area contributed by atoms with Crippen LogP contribution in [0.2, 0.25) is 0 Å². The van der Waals surface area contributed by atoms with E-state index in [1.54, 1.807) is 18.5 Å². The summed E-state index contributed by atoms with van der Waals surface area (Å²) in [5.41, 5.74) is -0.517. The highest BCUT2D eigenvalue weighted by Gasteiger charge is 2.74. The number of ether oxygens (including phenoxy) is 1. The number of alkyl halides is 1. The van der Waals surface area contributed by atoms with E-state index in [0.29, 0.717) is 37.7 Å². The van der Waals surface area contributed by atoms with Crippen molar-refractivity contribution in [3.63, 3.8) is 0 Å². The van der Waals surface area contributed by atoms with Crippen LogP contribution in [0, 0.1) is 11.3 Å². The van der Waals surface area contributed by atoms with E-state index in [4.69, 9.17) is 4.74 Å². The second-order valence-corrected chi connectivity index (χ2v) is 12.3. The van der Waals surface area contributed by atoms with Crippen molar-refractivity contribution < 1.29 is 19.3 Å². The number of allylic oxidation sites excluding steroid dienone is 2. The second kappa shape index (κ2) is 7.22. The SMILES string of the molecule is CN(C)[C@H]1C[C@@]23CC[C@]4(O2)C2CC=C(c5ccc6cnncc6c5)[C@@]2(C)CCC4(F)C=C3[C@@H](O)[C@@H]1O. The van der Waals surface area contributed by atoms with Crippen LogP contribution >= 0.6 is 0 Å². The number of aliphatic hydroxyl groups is 2. The summed E-state index contributed by atoms with van der Waals surface area (Å²) in [4.78, 5) is 1.95. The van der Waals surface area contributed by atoms with Crippen molar-refractivity contribution in [2.45, 2.75) is 80.6 Å². The molecule has 3 aliphatic carbocycles. The van der Waals surface area contributed by atoms with Crippen LogP contribution in [0.4, 0.5) is 4.39 Å². The van der Waals surface area contributed by atoms with Crippen LogP contribution < -0.4 is 0 Å². The van der Waals surface area contributed by atoms with Gasteiger partial charge in [0.1, 0.15) is 11.7 Å². The molecule has 8 atom stereocenters. The first kappa shape index (κ1) is 23.0.